The fraction of sp³-hybridized carbons (Fsp3) is 0.213. The molecule has 0 saturated heterocycles. The van der Waals surface area contributed by atoms with Crippen molar-refractivity contribution in [2.75, 3.05) is 0 Å². The fourth-order valence-electron chi connectivity index (χ4n) is 8.93. The van der Waals surface area contributed by atoms with Crippen molar-refractivity contribution in [3.63, 3.8) is 0 Å². The van der Waals surface area contributed by atoms with Crippen molar-refractivity contribution in [3.05, 3.63) is 159 Å². The van der Waals surface area contributed by atoms with Crippen molar-refractivity contribution in [1.82, 2.24) is 0 Å². The van der Waals surface area contributed by atoms with Crippen LogP contribution >= 0.6 is 24.8 Å². The van der Waals surface area contributed by atoms with Gasteiger partial charge in [-0.25, -0.2) is 0 Å². The van der Waals surface area contributed by atoms with Crippen LogP contribution in [-0.4, -0.2) is 4.21 Å². The van der Waals surface area contributed by atoms with E-state index in [1.165, 1.54) is 68.0 Å². The third-order valence-corrected chi connectivity index (χ3v) is 27.9. The molecule has 0 N–H and O–H groups in total. The number of benzene rings is 6. The summed E-state index contributed by atoms with van der Waals surface area (Å²) in [4.78, 5) is 0. The van der Waals surface area contributed by atoms with Gasteiger partial charge in [0.2, 0.25) is 0 Å². The molecule has 254 valence electrons. The predicted molar refractivity (Wildman–Crippen MR) is 222 cm³/mol. The molecule has 2 aliphatic carbocycles. The Morgan fingerprint density at radius 2 is 1.12 bits per heavy atom. The van der Waals surface area contributed by atoms with Crippen LogP contribution in [-0.2, 0) is 35.5 Å². The molecule has 0 fully saturated rings. The second-order valence-corrected chi connectivity index (χ2v) is 29.3. The third-order valence-electron chi connectivity index (χ3n) is 11.7. The summed E-state index contributed by atoms with van der Waals surface area (Å²) in [5, 5.41) is 5.46. The van der Waals surface area contributed by atoms with Gasteiger partial charge in [-0.15, -0.1) is 24.8 Å². The molecular weight excluding hydrogens is 727 g/mol. The molecule has 0 amide bonds. The average molecular weight is 775 g/mol. The summed E-state index contributed by atoms with van der Waals surface area (Å²) in [5.41, 5.74) is 8.53. The van der Waals surface area contributed by atoms with Gasteiger partial charge in [0.25, 0.3) is 0 Å². The van der Waals surface area contributed by atoms with Crippen LogP contribution in [0.5, 0.6) is 0 Å². The third kappa shape index (κ3) is 5.22. The molecule has 0 aliphatic heterocycles. The second kappa shape index (κ2) is 12.7. The van der Waals surface area contributed by atoms with Crippen molar-refractivity contribution in [2.24, 2.45) is 0 Å². The average Bonchev–Trinajstić information content (AvgIpc) is 3.77. The number of fused-ring (bicyclic) bond motifs is 8. The van der Waals surface area contributed by atoms with E-state index in [4.69, 9.17) is 4.21 Å². The number of halogens is 2. The van der Waals surface area contributed by atoms with E-state index in [1.807, 2.05) is 0 Å². The fourth-order valence-corrected chi connectivity index (χ4v) is 24.1. The molecule has 0 spiro atoms. The molecule has 0 heterocycles. The summed E-state index contributed by atoms with van der Waals surface area (Å²) in [6.45, 7) is 13.9. The Hall–Kier alpha value is -3.35. The van der Waals surface area contributed by atoms with Crippen molar-refractivity contribution in [2.45, 2.75) is 65.2 Å². The van der Waals surface area contributed by atoms with E-state index in [2.05, 4.69) is 175 Å². The monoisotopic (exact) mass is 772 g/mol. The summed E-state index contributed by atoms with van der Waals surface area (Å²) in [6.07, 6.45) is 8.94. The first-order valence-electron chi connectivity index (χ1n) is 17.6. The van der Waals surface area contributed by atoms with Crippen LogP contribution in [0.1, 0.15) is 70.2 Å². The first-order valence-corrected chi connectivity index (χ1v) is 24.2. The van der Waals surface area contributed by atoms with Gasteiger partial charge in [-0.1, -0.05) is 0 Å². The Kier molecular flexibility index (Phi) is 9.26. The molecule has 0 atom stereocenters. The Labute approximate surface area is 311 Å². The first kappa shape index (κ1) is 36.4. The summed E-state index contributed by atoms with van der Waals surface area (Å²) < 4.78 is 11.6. The van der Waals surface area contributed by atoms with Crippen LogP contribution in [0.25, 0.3) is 32.7 Å². The van der Waals surface area contributed by atoms with E-state index in [9.17, 15) is 0 Å². The molecule has 0 saturated carbocycles. The van der Waals surface area contributed by atoms with Gasteiger partial charge in [-0.3, -0.25) is 0 Å². The van der Waals surface area contributed by atoms with Gasteiger partial charge in [-0.2, -0.15) is 0 Å². The molecule has 8 rings (SSSR count). The Morgan fingerprint density at radius 1 is 0.580 bits per heavy atom. The Bertz CT molecular complexity index is 2330. The maximum atomic E-state index is 5.78. The summed E-state index contributed by atoms with van der Waals surface area (Å²) in [7, 11) is 0. The van der Waals surface area contributed by atoms with Crippen LogP contribution in [0.2, 0.25) is 0 Å². The molecule has 0 nitrogen and oxygen atoms in total. The molecule has 50 heavy (non-hydrogen) atoms. The topological polar surface area (TPSA) is 0 Å². The van der Waals surface area contributed by atoms with Gasteiger partial charge in [0.15, 0.2) is 0 Å². The molecule has 6 aromatic carbocycles. The molecule has 2 aliphatic rings. The summed E-state index contributed by atoms with van der Waals surface area (Å²) in [5.74, 6) is 0. The van der Waals surface area contributed by atoms with Gasteiger partial charge in [0.1, 0.15) is 0 Å². The van der Waals surface area contributed by atoms with Crippen LogP contribution in [0, 0.1) is 0 Å². The molecule has 0 unspecified atom stereocenters. The quantitative estimate of drug-likeness (QED) is 0.156. The van der Waals surface area contributed by atoms with Gasteiger partial charge >= 0.3 is 289 Å². The van der Waals surface area contributed by atoms with Crippen molar-refractivity contribution in [3.8, 4) is 11.1 Å². The van der Waals surface area contributed by atoms with E-state index in [0.717, 1.165) is 12.8 Å². The van der Waals surface area contributed by atoms with Crippen molar-refractivity contribution >= 4 is 60.4 Å². The van der Waals surface area contributed by atoms with E-state index >= 15 is 0 Å². The van der Waals surface area contributed by atoms with E-state index in [0.29, 0.717) is 0 Å². The summed E-state index contributed by atoms with van der Waals surface area (Å²) >= 11 is -4.93. The normalized spacial score (nSPS) is 14.2. The molecule has 0 aromatic heterocycles. The van der Waals surface area contributed by atoms with Crippen LogP contribution in [0.3, 0.4) is 0 Å². The van der Waals surface area contributed by atoms with Crippen LogP contribution < -0.4 is 9.81 Å². The summed E-state index contributed by atoms with van der Waals surface area (Å²) in [6, 6.07) is 44.7. The number of hydrogen-bond acceptors (Lipinski definition) is 0. The van der Waals surface area contributed by atoms with Gasteiger partial charge in [-0.05, 0) is 0 Å². The van der Waals surface area contributed by atoms with E-state index < -0.39 is 18.3 Å². The number of rotatable bonds is 4. The van der Waals surface area contributed by atoms with Gasteiger partial charge in [0, 0.05) is 0 Å². The Morgan fingerprint density at radius 3 is 1.68 bits per heavy atom. The van der Waals surface area contributed by atoms with Gasteiger partial charge in [0.05, 0.1) is 0 Å². The van der Waals surface area contributed by atoms with Crippen LogP contribution in [0.4, 0.5) is 0 Å². The zero-order valence-electron chi connectivity index (χ0n) is 30.1. The first-order chi connectivity index (χ1) is 22.9. The van der Waals surface area contributed by atoms with Crippen molar-refractivity contribution in [1.29, 1.82) is 0 Å². The standard InChI is InChI=1S/C21H13.2C10H13.C5H5.CH2.2ClH.Zr/c1-2-8-15-14(7-1)13-20-18-11-4-3-9-16(18)17-10-5-6-12-19(17)21(15)20;2*1-10(2,3)9-7-5-4-6-8-9;1-2-4-5-3-1;;;;/h1-10,12H,13H2;2*5-8H,1-3H3;1-3H,4H2;1H2;2*1H;. The predicted octanol–water partition coefficient (Wildman–Crippen LogP) is 11.2. The zero-order chi connectivity index (χ0) is 33.5. The van der Waals surface area contributed by atoms with Crippen molar-refractivity contribution < 1.29 is 18.3 Å². The Balaban J connectivity index is 0.00000216. The SMILES string of the molecule is Cl.Cl.[CH2]=[Zr]([C]1=CC=CC1)([c]1ccc(C(C)(C)C)cc1)([c]1ccc(C(C)(C)C)cc1)[c]1cccc2c1c1c(c3ccccc32)-c2ccccc2C1. The molecule has 6 aromatic rings. The number of hydrogen-bond donors (Lipinski definition) is 0. The molecular formula is C47H48Cl2Zr. The minimum absolute atomic E-state index is 0. The van der Waals surface area contributed by atoms with E-state index in [-0.39, 0.29) is 35.6 Å². The minimum atomic E-state index is -4.93. The van der Waals surface area contributed by atoms with Crippen LogP contribution in [0.15, 0.2) is 137 Å². The molecule has 0 bridgehead atoms. The number of allylic oxidation sites excluding steroid dienone is 4. The zero-order valence-corrected chi connectivity index (χ0v) is 34.2. The van der Waals surface area contributed by atoms with E-state index in [1.54, 1.807) is 0 Å². The van der Waals surface area contributed by atoms with Gasteiger partial charge < -0.3 is 0 Å². The maximum absolute atomic E-state index is 5.78. The molecule has 3 heteroatoms. The second-order valence-electron chi connectivity index (χ2n) is 16.4. The molecule has 0 radical (unpaired) electrons.